The molecule has 0 fully saturated rings. The van der Waals surface area contributed by atoms with Crippen molar-refractivity contribution in [2.75, 3.05) is 12.4 Å². The number of halogens is 1. The maximum absolute atomic E-state index is 12.7. The third kappa shape index (κ3) is 3.60. The molecule has 5 nitrogen and oxygen atoms in total. The summed E-state index contributed by atoms with van der Waals surface area (Å²) in [7, 11) is 1.59. The molecule has 6 heteroatoms. The van der Waals surface area contributed by atoms with Gasteiger partial charge in [0.25, 0.3) is 5.91 Å². The predicted octanol–water partition coefficient (Wildman–Crippen LogP) is 5.18. The second kappa shape index (κ2) is 7.63. The lowest BCUT2D eigenvalue weighted by molar-refractivity contribution is 0.102. The van der Waals surface area contributed by atoms with E-state index in [9.17, 15) is 4.79 Å². The van der Waals surface area contributed by atoms with Gasteiger partial charge in [0, 0.05) is 21.5 Å². The molecule has 2 heterocycles. The largest absolute Gasteiger partial charge is 0.495 e. The van der Waals surface area contributed by atoms with Gasteiger partial charge >= 0.3 is 0 Å². The summed E-state index contributed by atoms with van der Waals surface area (Å²) < 4.78 is 8.31. The molecule has 0 atom stereocenters. The van der Waals surface area contributed by atoms with Crippen LogP contribution >= 0.6 is 22.6 Å². The van der Waals surface area contributed by atoms with Crippen molar-refractivity contribution in [1.82, 2.24) is 9.38 Å². The first-order valence-electron chi connectivity index (χ1n) is 8.75. The van der Waals surface area contributed by atoms with Crippen LogP contribution in [0.1, 0.15) is 15.9 Å². The van der Waals surface area contributed by atoms with Crippen LogP contribution in [-0.2, 0) is 0 Å². The van der Waals surface area contributed by atoms with Crippen LogP contribution in [0.4, 0.5) is 5.69 Å². The SMILES string of the molecule is COc1ccc(-c2cn3ccc(C)cc3n2)cc1NC(=O)c1ccccc1I. The van der Waals surface area contributed by atoms with Crippen molar-refractivity contribution in [3.8, 4) is 17.0 Å². The van der Waals surface area contributed by atoms with Crippen molar-refractivity contribution < 1.29 is 9.53 Å². The van der Waals surface area contributed by atoms with Crippen LogP contribution in [0.15, 0.2) is 67.0 Å². The Morgan fingerprint density at radius 3 is 2.75 bits per heavy atom. The summed E-state index contributed by atoms with van der Waals surface area (Å²) in [6.07, 6.45) is 3.97. The highest BCUT2D eigenvalue weighted by atomic mass is 127. The Balaban J connectivity index is 1.71. The zero-order valence-corrected chi connectivity index (χ0v) is 17.6. The number of nitrogens with zero attached hydrogens (tertiary/aromatic N) is 2. The maximum atomic E-state index is 12.7. The van der Waals surface area contributed by atoms with Crippen LogP contribution in [0.3, 0.4) is 0 Å². The van der Waals surface area contributed by atoms with Gasteiger partial charge in [-0.15, -0.1) is 0 Å². The molecule has 0 radical (unpaired) electrons. The van der Waals surface area contributed by atoms with Crippen molar-refractivity contribution in [3.05, 3.63) is 81.7 Å². The molecule has 4 aromatic rings. The molecule has 140 valence electrons. The summed E-state index contributed by atoms with van der Waals surface area (Å²) in [6, 6.07) is 17.2. The zero-order valence-electron chi connectivity index (χ0n) is 15.4. The van der Waals surface area contributed by atoms with Gasteiger partial charge in [-0.25, -0.2) is 4.98 Å². The van der Waals surface area contributed by atoms with Gasteiger partial charge < -0.3 is 14.5 Å². The van der Waals surface area contributed by atoms with Crippen molar-refractivity contribution in [1.29, 1.82) is 0 Å². The molecule has 4 rings (SSSR count). The molecule has 0 saturated carbocycles. The minimum atomic E-state index is -0.175. The van der Waals surface area contributed by atoms with Gasteiger partial charge in [0.05, 0.1) is 24.1 Å². The molecule has 0 bridgehead atoms. The average molecular weight is 483 g/mol. The van der Waals surface area contributed by atoms with Gasteiger partial charge in [-0.05, 0) is 77.5 Å². The number of hydrogen-bond donors (Lipinski definition) is 1. The highest BCUT2D eigenvalue weighted by Crippen LogP contribution is 2.31. The number of rotatable bonds is 4. The first kappa shape index (κ1) is 18.5. The number of amides is 1. The molecular formula is C22H18IN3O2. The normalized spacial score (nSPS) is 10.8. The quantitative estimate of drug-likeness (QED) is 0.408. The third-order valence-electron chi connectivity index (χ3n) is 4.48. The molecule has 0 saturated heterocycles. The summed E-state index contributed by atoms with van der Waals surface area (Å²) in [5, 5.41) is 2.97. The van der Waals surface area contributed by atoms with Crippen molar-refractivity contribution in [2.24, 2.45) is 0 Å². The number of carbonyl (C=O) groups is 1. The standard InChI is InChI=1S/C22H18IN3O2/c1-14-9-10-26-13-19(24-21(26)11-14)15-7-8-20(28-2)18(12-15)25-22(27)16-5-3-4-6-17(16)23/h3-13H,1-2H3,(H,25,27). The minimum Gasteiger partial charge on any atom is -0.495 e. The predicted molar refractivity (Wildman–Crippen MR) is 119 cm³/mol. The van der Waals surface area contributed by atoms with Gasteiger partial charge in [-0.1, -0.05) is 12.1 Å². The van der Waals surface area contributed by atoms with Crippen molar-refractivity contribution in [2.45, 2.75) is 6.92 Å². The molecule has 28 heavy (non-hydrogen) atoms. The van der Waals surface area contributed by atoms with E-state index in [2.05, 4.69) is 27.9 Å². The highest BCUT2D eigenvalue weighted by molar-refractivity contribution is 14.1. The molecule has 0 aliphatic carbocycles. The summed E-state index contributed by atoms with van der Waals surface area (Å²) in [5.41, 5.74) is 5.01. The lowest BCUT2D eigenvalue weighted by Gasteiger charge is -2.12. The van der Waals surface area contributed by atoms with Crippen LogP contribution in [0.25, 0.3) is 16.9 Å². The second-order valence-corrected chi connectivity index (χ2v) is 7.61. The number of methoxy groups -OCH3 is 1. The van der Waals surface area contributed by atoms with Crippen LogP contribution < -0.4 is 10.1 Å². The first-order chi connectivity index (χ1) is 13.5. The molecule has 2 aromatic heterocycles. The number of carbonyl (C=O) groups excluding carboxylic acids is 1. The van der Waals surface area contributed by atoms with Crippen molar-refractivity contribution in [3.63, 3.8) is 0 Å². The van der Waals surface area contributed by atoms with Crippen LogP contribution in [-0.4, -0.2) is 22.4 Å². The number of aryl methyl sites for hydroxylation is 1. The smallest absolute Gasteiger partial charge is 0.256 e. The Hall–Kier alpha value is -2.87. The van der Waals surface area contributed by atoms with Crippen LogP contribution in [0.5, 0.6) is 5.75 Å². The summed E-state index contributed by atoms with van der Waals surface area (Å²) in [5.74, 6) is 0.425. The number of anilines is 1. The maximum Gasteiger partial charge on any atom is 0.256 e. The monoisotopic (exact) mass is 483 g/mol. The van der Waals surface area contributed by atoms with E-state index in [1.165, 1.54) is 0 Å². The average Bonchev–Trinajstić information content (AvgIpc) is 3.11. The molecular weight excluding hydrogens is 465 g/mol. The number of imidazole rings is 1. The molecule has 0 aliphatic heterocycles. The lowest BCUT2D eigenvalue weighted by atomic mass is 10.1. The summed E-state index contributed by atoms with van der Waals surface area (Å²) >= 11 is 2.16. The number of ether oxygens (including phenoxy) is 1. The van der Waals surface area contributed by atoms with Gasteiger partial charge in [-0.3, -0.25) is 4.79 Å². The van der Waals surface area contributed by atoms with Gasteiger partial charge in [0.2, 0.25) is 0 Å². The Labute approximate surface area is 176 Å². The Morgan fingerprint density at radius 1 is 1.14 bits per heavy atom. The van der Waals surface area contributed by atoms with E-state index in [0.717, 1.165) is 26.0 Å². The molecule has 1 amide bonds. The topological polar surface area (TPSA) is 55.6 Å². The summed E-state index contributed by atoms with van der Waals surface area (Å²) in [6.45, 7) is 2.04. The number of fused-ring (bicyclic) bond motifs is 1. The molecule has 0 unspecified atom stereocenters. The molecule has 2 aromatic carbocycles. The van der Waals surface area contributed by atoms with Crippen LogP contribution in [0.2, 0.25) is 0 Å². The number of benzene rings is 2. The highest BCUT2D eigenvalue weighted by Gasteiger charge is 2.14. The molecule has 0 aliphatic rings. The number of hydrogen-bond acceptors (Lipinski definition) is 3. The van der Waals surface area contributed by atoms with Gasteiger partial charge in [-0.2, -0.15) is 0 Å². The minimum absolute atomic E-state index is 0.175. The third-order valence-corrected chi connectivity index (χ3v) is 5.42. The van der Waals surface area contributed by atoms with E-state index in [1.54, 1.807) is 13.2 Å². The second-order valence-electron chi connectivity index (χ2n) is 6.44. The van der Waals surface area contributed by atoms with Gasteiger partial charge in [0.1, 0.15) is 11.4 Å². The number of aromatic nitrogens is 2. The lowest BCUT2D eigenvalue weighted by Crippen LogP contribution is -2.14. The molecule has 1 N–H and O–H groups in total. The van der Waals surface area contributed by atoms with E-state index >= 15 is 0 Å². The fraction of sp³-hybridized carbons (Fsp3) is 0.0909. The fourth-order valence-electron chi connectivity index (χ4n) is 3.02. The van der Waals surface area contributed by atoms with E-state index in [1.807, 2.05) is 72.2 Å². The Morgan fingerprint density at radius 2 is 1.96 bits per heavy atom. The van der Waals surface area contributed by atoms with Crippen molar-refractivity contribution >= 4 is 39.8 Å². The van der Waals surface area contributed by atoms with E-state index in [0.29, 0.717) is 17.0 Å². The van der Waals surface area contributed by atoms with E-state index in [4.69, 9.17) is 9.72 Å². The van der Waals surface area contributed by atoms with Gasteiger partial charge in [0.15, 0.2) is 0 Å². The summed E-state index contributed by atoms with van der Waals surface area (Å²) in [4.78, 5) is 17.4. The Kier molecular flexibility index (Phi) is 5.04. The fourth-order valence-corrected chi connectivity index (χ4v) is 3.66. The number of pyridine rings is 1. The van der Waals surface area contributed by atoms with E-state index in [-0.39, 0.29) is 5.91 Å². The zero-order chi connectivity index (χ0) is 19.7. The Bertz CT molecular complexity index is 1180. The van der Waals surface area contributed by atoms with E-state index < -0.39 is 0 Å². The van der Waals surface area contributed by atoms with Crippen LogP contribution in [0, 0.1) is 10.5 Å². The number of nitrogens with one attached hydrogen (secondary N) is 1. The first-order valence-corrected chi connectivity index (χ1v) is 9.82. The molecule has 0 spiro atoms.